The van der Waals surface area contributed by atoms with Crippen LogP contribution >= 0.6 is 11.3 Å². The highest BCUT2D eigenvalue weighted by Crippen LogP contribution is 2.24. The highest BCUT2D eigenvalue weighted by atomic mass is 32.1. The maximum Gasteiger partial charge on any atom is 0.257 e. The van der Waals surface area contributed by atoms with E-state index in [4.69, 9.17) is 4.74 Å². The lowest BCUT2D eigenvalue weighted by molar-refractivity contribution is 0.102. The Morgan fingerprint density at radius 1 is 1.08 bits per heavy atom. The van der Waals surface area contributed by atoms with Crippen molar-refractivity contribution in [1.29, 1.82) is 0 Å². The second-order valence-corrected chi connectivity index (χ2v) is 6.49. The third-order valence-corrected chi connectivity index (χ3v) is 4.19. The van der Waals surface area contributed by atoms with E-state index in [0.717, 1.165) is 11.4 Å². The molecule has 1 N–H and O–H groups in total. The minimum atomic E-state index is -0.196. The maximum absolute atomic E-state index is 12.4. The molecule has 0 atom stereocenters. The molecule has 0 aliphatic heterocycles. The number of carbonyl (C=O) groups excluding carboxylic acids is 1. The molecule has 1 aromatic heterocycles. The molecule has 3 rings (SSSR count). The highest BCUT2D eigenvalue weighted by Gasteiger charge is 2.11. The molecule has 0 unspecified atom stereocenters. The lowest BCUT2D eigenvalue weighted by atomic mass is 10.2. The highest BCUT2D eigenvalue weighted by molar-refractivity contribution is 7.14. The van der Waals surface area contributed by atoms with Crippen LogP contribution in [-0.2, 0) is 0 Å². The molecule has 0 aliphatic carbocycles. The van der Waals surface area contributed by atoms with Gasteiger partial charge >= 0.3 is 0 Å². The van der Waals surface area contributed by atoms with E-state index in [1.807, 2.05) is 41.8 Å². The van der Waals surface area contributed by atoms with E-state index < -0.39 is 0 Å². The molecule has 0 bridgehead atoms. The van der Waals surface area contributed by atoms with Gasteiger partial charge in [0.2, 0.25) is 0 Å². The number of benzene rings is 2. The molecule has 1 heterocycles. The fourth-order valence-corrected chi connectivity index (χ4v) is 2.97. The standard InChI is InChI=1S/C19H18N2O2S/c1-13(2)17-12-24-19(20-17)21-18(22)14-7-6-10-16(11-14)23-15-8-4-3-5-9-15/h3-13H,1-2H3,(H,20,21,22). The van der Waals surface area contributed by atoms with Crippen molar-refractivity contribution in [3.05, 3.63) is 71.2 Å². The number of amides is 1. The van der Waals surface area contributed by atoms with Crippen LogP contribution in [0.25, 0.3) is 0 Å². The number of thiazole rings is 1. The third-order valence-electron chi connectivity index (χ3n) is 3.41. The fraction of sp³-hybridized carbons (Fsp3) is 0.158. The number of aromatic nitrogens is 1. The summed E-state index contributed by atoms with van der Waals surface area (Å²) in [5.41, 5.74) is 1.51. The molecule has 0 spiro atoms. The number of hydrogen-bond acceptors (Lipinski definition) is 4. The predicted octanol–water partition coefficient (Wildman–Crippen LogP) is 5.31. The van der Waals surface area contributed by atoms with Crippen LogP contribution in [0.3, 0.4) is 0 Å². The summed E-state index contributed by atoms with van der Waals surface area (Å²) >= 11 is 1.43. The van der Waals surface area contributed by atoms with Crippen LogP contribution < -0.4 is 10.1 Å². The Balaban J connectivity index is 1.71. The Labute approximate surface area is 145 Å². The van der Waals surface area contributed by atoms with Gasteiger partial charge < -0.3 is 4.74 Å². The lowest BCUT2D eigenvalue weighted by Crippen LogP contribution is -2.11. The van der Waals surface area contributed by atoms with Crippen molar-refractivity contribution in [3.63, 3.8) is 0 Å². The summed E-state index contributed by atoms with van der Waals surface area (Å²) in [7, 11) is 0. The average Bonchev–Trinajstić information content (AvgIpc) is 3.05. The zero-order valence-corrected chi connectivity index (χ0v) is 14.3. The van der Waals surface area contributed by atoms with Gasteiger partial charge in [0.25, 0.3) is 5.91 Å². The molecule has 0 saturated carbocycles. The van der Waals surface area contributed by atoms with Crippen LogP contribution in [0.2, 0.25) is 0 Å². The van der Waals surface area contributed by atoms with Gasteiger partial charge in [-0.1, -0.05) is 38.1 Å². The number of hydrogen-bond donors (Lipinski definition) is 1. The number of nitrogens with zero attached hydrogens (tertiary/aromatic N) is 1. The molecule has 1 amide bonds. The minimum absolute atomic E-state index is 0.196. The minimum Gasteiger partial charge on any atom is -0.457 e. The summed E-state index contributed by atoms with van der Waals surface area (Å²) in [6.07, 6.45) is 0. The van der Waals surface area contributed by atoms with Gasteiger partial charge in [-0.2, -0.15) is 0 Å². The van der Waals surface area contributed by atoms with Gasteiger partial charge in [-0.05, 0) is 36.2 Å². The smallest absolute Gasteiger partial charge is 0.257 e. The molecule has 4 nitrogen and oxygen atoms in total. The number of para-hydroxylation sites is 1. The Kier molecular flexibility index (Phi) is 4.91. The molecule has 0 saturated heterocycles. The van der Waals surface area contributed by atoms with E-state index in [1.165, 1.54) is 11.3 Å². The number of carbonyl (C=O) groups is 1. The molecule has 0 aliphatic rings. The van der Waals surface area contributed by atoms with Crippen LogP contribution in [0.1, 0.15) is 35.8 Å². The molecular formula is C19H18N2O2S. The lowest BCUT2D eigenvalue weighted by Gasteiger charge is -2.07. The van der Waals surface area contributed by atoms with Crippen molar-refractivity contribution < 1.29 is 9.53 Å². The first-order valence-corrected chi connectivity index (χ1v) is 8.59. The Hall–Kier alpha value is -2.66. The van der Waals surface area contributed by atoms with Crippen molar-refractivity contribution in [2.24, 2.45) is 0 Å². The van der Waals surface area contributed by atoms with Crippen molar-refractivity contribution in [3.8, 4) is 11.5 Å². The van der Waals surface area contributed by atoms with Gasteiger partial charge in [-0.3, -0.25) is 10.1 Å². The Morgan fingerprint density at radius 3 is 2.54 bits per heavy atom. The van der Waals surface area contributed by atoms with Crippen molar-refractivity contribution >= 4 is 22.4 Å². The molecule has 5 heteroatoms. The Morgan fingerprint density at radius 2 is 1.83 bits per heavy atom. The first-order chi connectivity index (χ1) is 11.6. The molecule has 0 radical (unpaired) electrons. The van der Waals surface area contributed by atoms with E-state index in [9.17, 15) is 4.79 Å². The quantitative estimate of drug-likeness (QED) is 0.686. The van der Waals surface area contributed by atoms with Crippen molar-refractivity contribution in [2.45, 2.75) is 19.8 Å². The second-order valence-electron chi connectivity index (χ2n) is 5.63. The average molecular weight is 338 g/mol. The first kappa shape index (κ1) is 16.2. The van der Waals surface area contributed by atoms with E-state index in [1.54, 1.807) is 18.2 Å². The van der Waals surface area contributed by atoms with Crippen LogP contribution in [0, 0.1) is 0 Å². The zero-order chi connectivity index (χ0) is 16.9. The number of ether oxygens (including phenoxy) is 1. The predicted molar refractivity (Wildman–Crippen MR) is 97.1 cm³/mol. The number of nitrogens with one attached hydrogen (secondary N) is 1. The zero-order valence-electron chi connectivity index (χ0n) is 13.5. The van der Waals surface area contributed by atoms with Gasteiger partial charge in [-0.15, -0.1) is 11.3 Å². The molecular weight excluding hydrogens is 320 g/mol. The van der Waals surface area contributed by atoms with E-state index in [-0.39, 0.29) is 5.91 Å². The summed E-state index contributed by atoms with van der Waals surface area (Å²) in [6.45, 7) is 4.15. The van der Waals surface area contributed by atoms with Crippen LogP contribution in [0.15, 0.2) is 60.0 Å². The summed E-state index contributed by atoms with van der Waals surface area (Å²) in [6, 6.07) is 16.6. The number of rotatable bonds is 5. The van der Waals surface area contributed by atoms with Gasteiger partial charge in [0, 0.05) is 10.9 Å². The summed E-state index contributed by atoms with van der Waals surface area (Å²) in [5.74, 6) is 1.50. The number of anilines is 1. The molecule has 24 heavy (non-hydrogen) atoms. The van der Waals surface area contributed by atoms with Crippen LogP contribution in [-0.4, -0.2) is 10.9 Å². The maximum atomic E-state index is 12.4. The molecule has 0 fully saturated rings. The van der Waals surface area contributed by atoms with E-state index in [0.29, 0.717) is 22.4 Å². The van der Waals surface area contributed by atoms with Crippen molar-refractivity contribution in [1.82, 2.24) is 4.98 Å². The summed E-state index contributed by atoms with van der Waals surface area (Å²) in [5, 5.41) is 5.41. The normalized spacial score (nSPS) is 10.6. The van der Waals surface area contributed by atoms with Gasteiger partial charge in [0.1, 0.15) is 11.5 Å². The summed E-state index contributed by atoms with van der Waals surface area (Å²) < 4.78 is 5.76. The second kappa shape index (κ2) is 7.27. The van der Waals surface area contributed by atoms with Gasteiger partial charge in [0.15, 0.2) is 5.13 Å². The summed E-state index contributed by atoms with van der Waals surface area (Å²) in [4.78, 5) is 16.8. The largest absolute Gasteiger partial charge is 0.457 e. The van der Waals surface area contributed by atoms with Crippen LogP contribution in [0.4, 0.5) is 5.13 Å². The van der Waals surface area contributed by atoms with Gasteiger partial charge in [0.05, 0.1) is 5.69 Å². The third kappa shape index (κ3) is 4.00. The van der Waals surface area contributed by atoms with E-state index >= 15 is 0 Å². The first-order valence-electron chi connectivity index (χ1n) is 7.71. The van der Waals surface area contributed by atoms with Crippen molar-refractivity contribution in [2.75, 3.05) is 5.32 Å². The molecule has 122 valence electrons. The monoisotopic (exact) mass is 338 g/mol. The fourth-order valence-electron chi connectivity index (χ4n) is 2.10. The topological polar surface area (TPSA) is 51.2 Å². The van der Waals surface area contributed by atoms with Gasteiger partial charge in [-0.25, -0.2) is 4.98 Å². The Bertz CT molecular complexity index is 828. The van der Waals surface area contributed by atoms with E-state index in [2.05, 4.69) is 24.1 Å². The van der Waals surface area contributed by atoms with Crippen LogP contribution in [0.5, 0.6) is 11.5 Å². The molecule has 3 aromatic rings. The molecule has 2 aromatic carbocycles. The SMILES string of the molecule is CC(C)c1csc(NC(=O)c2cccc(Oc3ccccc3)c2)n1.